The first-order valence-electron chi connectivity index (χ1n) is 8.53. The van der Waals surface area contributed by atoms with Gasteiger partial charge in [-0.15, -0.1) is 0 Å². The summed E-state index contributed by atoms with van der Waals surface area (Å²) in [5.74, 6) is 0. The molecule has 0 saturated heterocycles. The third-order valence-electron chi connectivity index (χ3n) is 4.32. The molecule has 2 heteroatoms. The predicted octanol–water partition coefficient (Wildman–Crippen LogP) is 6.43. The molecule has 0 unspecified atom stereocenters. The van der Waals surface area contributed by atoms with Crippen LogP contribution in [0.25, 0.3) is 0 Å². The number of para-hydroxylation sites is 1. The van der Waals surface area contributed by atoms with Gasteiger partial charge in [0.1, 0.15) is 0 Å². The van der Waals surface area contributed by atoms with E-state index in [-0.39, 0.29) is 0 Å². The van der Waals surface area contributed by atoms with Crippen molar-refractivity contribution in [3.05, 3.63) is 107 Å². The first kappa shape index (κ1) is 15.9. The number of nitrogens with zero attached hydrogens (tertiary/aromatic N) is 1. The van der Waals surface area contributed by atoms with E-state index in [0.717, 1.165) is 24.2 Å². The van der Waals surface area contributed by atoms with Crippen LogP contribution in [0.5, 0.6) is 0 Å². The molecule has 3 aromatic rings. The Bertz CT molecular complexity index is 911. The Labute approximate surface area is 153 Å². The molecule has 0 saturated carbocycles. The Kier molecular flexibility index (Phi) is 4.80. The number of aliphatic imine (C=N–C) groups is 1. The van der Waals surface area contributed by atoms with Crippen molar-refractivity contribution in [3.63, 3.8) is 0 Å². The van der Waals surface area contributed by atoms with Gasteiger partial charge in [0.05, 0.1) is 11.4 Å². The van der Waals surface area contributed by atoms with Crippen LogP contribution in [0, 0.1) is 0 Å². The lowest BCUT2D eigenvalue weighted by molar-refractivity contribution is 0.952. The minimum atomic E-state index is 1.00. The average Bonchev–Trinajstić information content (AvgIpc) is 2.69. The van der Waals surface area contributed by atoms with Crippen LogP contribution in [0.1, 0.15) is 17.5 Å². The fraction of sp³-hybridized carbons (Fsp3) is 0.0870. The molecule has 0 spiro atoms. The molecular weight excluding hydrogens is 322 g/mol. The molecule has 0 fully saturated rings. The smallest absolute Gasteiger partial charge is 0.0749 e. The molecule has 4 rings (SSSR count). The quantitative estimate of drug-likeness (QED) is 0.500. The molecule has 1 aliphatic carbocycles. The fourth-order valence-electron chi connectivity index (χ4n) is 3.05. The van der Waals surface area contributed by atoms with Gasteiger partial charge in [-0.05, 0) is 53.7 Å². The second-order valence-electron chi connectivity index (χ2n) is 6.03. The SMILES string of the molecule is C(/Sc1ccccc1)=C1/CCc2ccccc2/C1=N\c1ccccc1. The second kappa shape index (κ2) is 7.54. The van der Waals surface area contributed by atoms with Gasteiger partial charge in [0, 0.05) is 10.5 Å². The Hall–Kier alpha value is -2.58. The monoisotopic (exact) mass is 341 g/mol. The maximum Gasteiger partial charge on any atom is 0.0749 e. The molecule has 0 amide bonds. The third-order valence-corrected chi connectivity index (χ3v) is 5.26. The maximum absolute atomic E-state index is 4.99. The number of thioether (sulfide) groups is 1. The highest BCUT2D eigenvalue weighted by atomic mass is 32.2. The zero-order valence-corrected chi connectivity index (χ0v) is 14.7. The first-order chi connectivity index (χ1) is 12.4. The molecule has 122 valence electrons. The van der Waals surface area contributed by atoms with E-state index in [2.05, 4.69) is 72.1 Å². The van der Waals surface area contributed by atoms with E-state index in [1.165, 1.54) is 21.6 Å². The number of hydrogen-bond donors (Lipinski definition) is 0. The summed E-state index contributed by atoms with van der Waals surface area (Å²) in [4.78, 5) is 6.25. The van der Waals surface area contributed by atoms with Crippen LogP contribution < -0.4 is 0 Å². The molecule has 0 N–H and O–H groups in total. The predicted molar refractivity (Wildman–Crippen MR) is 108 cm³/mol. The van der Waals surface area contributed by atoms with Crippen LogP contribution in [0.4, 0.5) is 5.69 Å². The van der Waals surface area contributed by atoms with Gasteiger partial charge < -0.3 is 0 Å². The maximum atomic E-state index is 4.99. The van der Waals surface area contributed by atoms with Crippen molar-refractivity contribution >= 4 is 23.2 Å². The lowest BCUT2D eigenvalue weighted by Gasteiger charge is -2.21. The molecule has 0 atom stereocenters. The molecule has 25 heavy (non-hydrogen) atoms. The summed E-state index contributed by atoms with van der Waals surface area (Å²) in [6, 6.07) is 29.4. The van der Waals surface area contributed by atoms with Gasteiger partial charge in [-0.2, -0.15) is 0 Å². The van der Waals surface area contributed by atoms with Gasteiger partial charge in [-0.25, -0.2) is 4.99 Å². The molecule has 3 aromatic carbocycles. The standard InChI is InChI=1S/C23H19NS/c1-3-10-20(11-4-1)24-23-19(17-25-21-12-5-2-6-13-21)16-15-18-9-7-8-14-22(18)23/h1-14,17H,15-16H2/b19-17+,24-23-. The van der Waals surface area contributed by atoms with Gasteiger partial charge in [0.2, 0.25) is 0 Å². The largest absolute Gasteiger partial charge is 0.248 e. The van der Waals surface area contributed by atoms with E-state index in [9.17, 15) is 0 Å². The van der Waals surface area contributed by atoms with Crippen molar-refractivity contribution in [2.24, 2.45) is 4.99 Å². The summed E-state index contributed by atoms with van der Waals surface area (Å²) in [5.41, 5.74) is 6.08. The number of allylic oxidation sites excluding steroid dienone is 1. The number of benzene rings is 3. The topological polar surface area (TPSA) is 12.4 Å². The van der Waals surface area contributed by atoms with Crippen molar-refractivity contribution < 1.29 is 0 Å². The number of aryl methyl sites for hydroxylation is 1. The van der Waals surface area contributed by atoms with E-state index in [4.69, 9.17) is 4.99 Å². The second-order valence-corrected chi connectivity index (χ2v) is 6.97. The van der Waals surface area contributed by atoms with Crippen molar-refractivity contribution in [2.45, 2.75) is 17.7 Å². The lowest BCUT2D eigenvalue weighted by Crippen LogP contribution is -2.14. The highest BCUT2D eigenvalue weighted by Gasteiger charge is 2.19. The Balaban J connectivity index is 1.74. The van der Waals surface area contributed by atoms with Crippen LogP contribution in [0.3, 0.4) is 0 Å². The molecule has 1 aliphatic rings. The minimum Gasteiger partial charge on any atom is -0.248 e. The summed E-state index contributed by atoms with van der Waals surface area (Å²) >= 11 is 1.77. The van der Waals surface area contributed by atoms with E-state index < -0.39 is 0 Å². The van der Waals surface area contributed by atoms with Gasteiger partial charge >= 0.3 is 0 Å². The summed E-state index contributed by atoms with van der Waals surface area (Å²) in [6.07, 6.45) is 2.10. The molecule has 0 heterocycles. The van der Waals surface area contributed by atoms with Gasteiger partial charge in [-0.3, -0.25) is 0 Å². The first-order valence-corrected chi connectivity index (χ1v) is 9.41. The lowest BCUT2D eigenvalue weighted by atomic mass is 9.87. The molecule has 0 bridgehead atoms. The van der Waals surface area contributed by atoms with Gasteiger partial charge in [0.25, 0.3) is 0 Å². The summed E-state index contributed by atoms with van der Waals surface area (Å²) < 4.78 is 0. The van der Waals surface area contributed by atoms with E-state index in [1.54, 1.807) is 11.8 Å². The zero-order chi connectivity index (χ0) is 16.9. The summed E-state index contributed by atoms with van der Waals surface area (Å²) in [6.45, 7) is 0. The van der Waals surface area contributed by atoms with Crippen molar-refractivity contribution in [1.29, 1.82) is 0 Å². The van der Waals surface area contributed by atoms with Crippen LogP contribution in [-0.2, 0) is 6.42 Å². The average molecular weight is 341 g/mol. The summed E-state index contributed by atoms with van der Waals surface area (Å²) in [5, 5.41) is 2.27. The number of hydrogen-bond acceptors (Lipinski definition) is 2. The molecule has 1 nitrogen and oxygen atoms in total. The number of fused-ring (bicyclic) bond motifs is 1. The van der Waals surface area contributed by atoms with Crippen molar-refractivity contribution in [2.75, 3.05) is 0 Å². The fourth-order valence-corrected chi connectivity index (χ4v) is 3.87. The van der Waals surface area contributed by atoms with Crippen molar-refractivity contribution in [1.82, 2.24) is 0 Å². The van der Waals surface area contributed by atoms with E-state index >= 15 is 0 Å². The van der Waals surface area contributed by atoms with Crippen LogP contribution >= 0.6 is 11.8 Å². The third kappa shape index (κ3) is 3.75. The van der Waals surface area contributed by atoms with E-state index in [1.807, 2.05) is 18.2 Å². The van der Waals surface area contributed by atoms with Crippen LogP contribution in [-0.4, -0.2) is 5.71 Å². The Morgan fingerprint density at radius 2 is 1.40 bits per heavy atom. The Morgan fingerprint density at radius 1 is 0.720 bits per heavy atom. The summed E-state index contributed by atoms with van der Waals surface area (Å²) in [7, 11) is 0. The van der Waals surface area contributed by atoms with Crippen LogP contribution in [0.15, 0.2) is 106 Å². The molecular formula is C23H19NS. The highest BCUT2D eigenvalue weighted by Crippen LogP contribution is 2.31. The molecule has 0 aromatic heterocycles. The Morgan fingerprint density at radius 3 is 2.20 bits per heavy atom. The molecule has 0 radical (unpaired) electrons. The van der Waals surface area contributed by atoms with Crippen LogP contribution in [0.2, 0.25) is 0 Å². The van der Waals surface area contributed by atoms with E-state index in [0.29, 0.717) is 0 Å². The molecule has 0 aliphatic heterocycles. The van der Waals surface area contributed by atoms with Gasteiger partial charge in [0.15, 0.2) is 0 Å². The highest BCUT2D eigenvalue weighted by molar-refractivity contribution is 8.02. The minimum absolute atomic E-state index is 1.00. The van der Waals surface area contributed by atoms with Gasteiger partial charge in [-0.1, -0.05) is 72.4 Å². The number of rotatable bonds is 3. The zero-order valence-electron chi connectivity index (χ0n) is 13.9. The van der Waals surface area contributed by atoms with Crippen molar-refractivity contribution in [3.8, 4) is 0 Å². The normalized spacial score (nSPS) is 16.8.